The normalized spacial score (nSPS) is 17.2. The summed E-state index contributed by atoms with van der Waals surface area (Å²) in [6.07, 6.45) is 4.65. The van der Waals surface area contributed by atoms with Gasteiger partial charge >= 0.3 is 0 Å². The third-order valence-electron chi connectivity index (χ3n) is 6.72. The number of aryl methyl sites for hydroxylation is 1. The average Bonchev–Trinajstić information content (AvgIpc) is 3.31. The number of nitrogens with one attached hydrogen (secondary N) is 1. The van der Waals surface area contributed by atoms with Crippen LogP contribution in [-0.2, 0) is 36.5 Å². The molecule has 36 heavy (non-hydrogen) atoms. The fraction of sp³-hybridized carbons (Fsp3) is 0.214. The standard InChI is InChI=1S/C28H27N5O2S/c1-32-20-30-18-24(32)16-27-28(15-23-14-22(17-29)12-13-26(23)31-27)33(19-21-8-4-2-5-9-21)36(34,35)25-10-6-3-7-11-25/h2-14,18,20,27-28,31H,15-16,19H2,1H3/t27-,28-/m1/s1. The van der Waals surface area contributed by atoms with E-state index >= 15 is 0 Å². The molecular weight excluding hydrogens is 470 g/mol. The van der Waals surface area contributed by atoms with E-state index in [1.807, 2.05) is 66.3 Å². The summed E-state index contributed by atoms with van der Waals surface area (Å²) < 4.78 is 31.8. The van der Waals surface area contributed by atoms with E-state index < -0.39 is 16.1 Å². The summed E-state index contributed by atoms with van der Waals surface area (Å²) in [5, 5.41) is 13.1. The summed E-state index contributed by atoms with van der Waals surface area (Å²) in [5.74, 6) is 0. The third kappa shape index (κ3) is 4.76. The van der Waals surface area contributed by atoms with Gasteiger partial charge < -0.3 is 9.88 Å². The predicted octanol–water partition coefficient (Wildman–Crippen LogP) is 4.13. The lowest BCUT2D eigenvalue weighted by molar-refractivity contribution is 0.272. The van der Waals surface area contributed by atoms with Crippen molar-refractivity contribution in [2.45, 2.75) is 36.4 Å². The number of hydrogen-bond donors (Lipinski definition) is 1. The van der Waals surface area contributed by atoms with Gasteiger partial charge in [0.25, 0.3) is 0 Å². The topological polar surface area (TPSA) is 91.0 Å². The Hall–Kier alpha value is -3.93. The van der Waals surface area contributed by atoms with Crippen molar-refractivity contribution in [1.29, 1.82) is 5.26 Å². The molecule has 0 fully saturated rings. The Morgan fingerprint density at radius 1 is 1.08 bits per heavy atom. The molecule has 1 aliphatic heterocycles. The lowest BCUT2D eigenvalue weighted by atomic mass is 9.89. The van der Waals surface area contributed by atoms with Crippen LogP contribution in [0.4, 0.5) is 5.69 Å². The van der Waals surface area contributed by atoms with Crippen molar-refractivity contribution in [2.24, 2.45) is 7.05 Å². The van der Waals surface area contributed by atoms with E-state index in [1.165, 1.54) is 0 Å². The molecule has 4 aromatic rings. The lowest BCUT2D eigenvalue weighted by Gasteiger charge is -2.41. The van der Waals surface area contributed by atoms with Crippen molar-refractivity contribution in [2.75, 3.05) is 5.32 Å². The zero-order valence-electron chi connectivity index (χ0n) is 19.9. The molecule has 3 aromatic carbocycles. The molecule has 0 saturated heterocycles. The highest BCUT2D eigenvalue weighted by Gasteiger charge is 2.39. The smallest absolute Gasteiger partial charge is 0.243 e. The van der Waals surface area contributed by atoms with Crippen molar-refractivity contribution in [3.63, 3.8) is 0 Å². The van der Waals surface area contributed by atoms with E-state index in [-0.39, 0.29) is 17.5 Å². The molecule has 2 heterocycles. The minimum absolute atomic E-state index is 0.206. The molecular formula is C28H27N5O2S. The number of benzene rings is 3. The highest BCUT2D eigenvalue weighted by atomic mass is 32.2. The summed E-state index contributed by atoms with van der Waals surface area (Å²) in [4.78, 5) is 4.52. The van der Waals surface area contributed by atoms with Gasteiger partial charge in [0, 0.05) is 43.6 Å². The fourth-order valence-electron chi connectivity index (χ4n) is 4.80. The van der Waals surface area contributed by atoms with Gasteiger partial charge in [0.05, 0.1) is 28.9 Å². The first-order chi connectivity index (χ1) is 17.5. The van der Waals surface area contributed by atoms with Crippen LogP contribution in [0.15, 0.2) is 96.3 Å². The Kier molecular flexibility index (Phi) is 6.59. The van der Waals surface area contributed by atoms with Crippen molar-refractivity contribution >= 4 is 15.7 Å². The first-order valence-corrected chi connectivity index (χ1v) is 13.3. The van der Waals surface area contributed by atoms with Crippen molar-refractivity contribution in [1.82, 2.24) is 13.9 Å². The summed E-state index contributed by atoms with van der Waals surface area (Å²) in [7, 11) is -1.89. The molecule has 2 atom stereocenters. The summed E-state index contributed by atoms with van der Waals surface area (Å²) in [6, 6.07) is 25.4. The minimum Gasteiger partial charge on any atom is -0.380 e. The maximum atomic E-state index is 14.1. The Balaban J connectivity index is 1.62. The van der Waals surface area contributed by atoms with Crippen LogP contribution in [0.3, 0.4) is 0 Å². The molecule has 0 aliphatic carbocycles. The number of anilines is 1. The second-order valence-corrected chi connectivity index (χ2v) is 10.9. The number of nitriles is 1. The zero-order chi connectivity index (χ0) is 25.1. The van der Waals surface area contributed by atoms with Crippen LogP contribution in [0.2, 0.25) is 0 Å². The molecule has 1 aliphatic rings. The first kappa shape index (κ1) is 23.8. The molecule has 8 heteroatoms. The third-order valence-corrected chi connectivity index (χ3v) is 8.60. The Labute approximate surface area is 211 Å². The second-order valence-electron chi connectivity index (χ2n) is 9.05. The van der Waals surface area contributed by atoms with E-state index in [1.54, 1.807) is 41.0 Å². The molecule has 0 unspecified atom stereocenters. The minimum atomic E-state index is -3.83. The van der Waals surface area contributed by atoms with E-state index in [2.05, 4.69) is 16.4 Å². The molecule has 0 saturated carbocycles. The maximum Gasteiger partial charge on any atom is 0.243 e. The van der Waals surface area contributed by atoms with Crippen LogP contribution in [-0.4, -0.2) is 34.4 Å². The SMILES string of the molecule is Cn1cncc1C[C@H]1Nc2ccc(C#N)cc2C[C@H]1N(Cc1ccccc1)S(=O)(=O)c1ccccc1. The maximum absolute atomic E-state index is 14.1. The molecule has 1 aromatic heterocycles. The Morgan fingerprint density at radius 3 is 2.47 bits per heavy atom. The van der Waals surface area contributed by atoms with Crippen LogP contribution >= 0.6 is 0 Å². The van der Waals surface area contributed by atoms with Gasteiger partial charge in [0.15, 0.2) is 0 Å². The van der Waals surface area contributed by atoms with Gasteiger partial charge in [-0.3, -0.25) is 0 Å². The molecule has 182 valence electrons. The predicted molar refractivity (Wildman–Crippen MR) is 139 cm³/mol. The molecule has 1 N–H and O–H groups in total. The highest BCUT2D eigenvalue weighted by molar-refractivity contribution is 7.89. The van der Waals surface area contributed by atoms with Crippen molar-refractivity contribution < 1.29 is 8.42 Å². The van der Waals surface area contributed by atoms with Gasteiger partial charge in [-0.15, -0.1) is 0 Å². The van der Waals surface area contributed by atoms with E-state index in [0.717, 1.165) is 22.5 Å². The van der Waals surface area contributed by atoms with E-state index in [4.69, 9.17) is 0 Å². The number of nitrogens with zero attached hydrogens (tertiary/aromatic N) is 4. The molecule has 0 amide bonds. The molecule has 0 bridgehead atoms. The van der Waals surface area contributed by atoms with Gasteiger partial charge in [0.1, 0.15) is 0 Å². The van der Waals surface area contributed by atoms with Crippen LogP contribution in [0.5, 0.6) is 0 Å². The van der Waals surface area contributed by atoms with Crippen molar-refractivity contribution in [3.05, 3.63) is 114 Å². The van der Waals surface area contributed by atoms with Crippen LogP contribution in [0.1, 0.15) is 22.4 Å². The zero-order valence-corrected chi connectivity index (χ0v) is 20.8. The number of sulfonamides is 1. The monoisotopic (exact) mass is 497 g/mol. The van der Waals surface area contributed by atoms with Gasteiger partial charge in [-0.1, -0.05) is 48.5 Å². The van der Waals surface area contributed by atoms with Crippen molar-refractivity contribution in [3.8, 4) is 6.07 Å². The largest absolute Gasteiger partial charge is 0.380 e. The average molecular weight is 498 g/mol. The highest BCUT2D eigenvalue weighted by Crippen LogP contribution is 2.33. The number of aromatic nitrogens is 2. The summed E-state index contributed by atoms with van der Waals surface area (Å²) in [5.41, 5.74) is 4.33. The number of fused-ring (bicyclic) bond motifs is 1. The molecule has 0 radical (unpaired) electrons. The fourth-order valence-corrected chi connectivity index (χ4v) is 6.47. The van der Waals surface area contributed by atoms with E-state index in [9.17, 15) is 13.7 Å². The van der Waals surface area contributed by atoms with Gasteiger partial charge in [-0.05, 0) is 47.9 Å². The van der Waals surface area contributed by atoms with E-state index in [0.29, 0.717) is 18.4 Å². The van der Waals surface area contributed by atoms with Gasteiger partial charge in [-0.2, -0.15) is 9.57 Å². The molecule has 7 nitrogen and oxygen atoms in total. The quantitative estimate of drug-likeness (QED) is 0.415. The summed E-state index contributed by atoms with van der Waals surface area (Å²) >= 11 is 0. The number of hydrogen-bond acceptors (Lipinski definition) is 5. The summed E-state index contributed by atoms with van der Waals surface area (Å²) in [6.45, 7) is 0.236. The van der Waals surface area contributed by atoms with Crippen LogP contribution in [0, 0.1) is 11.3 Å². The second kappa shape index (κ2) is 9.97. The number of rotatable bonds is 7. The molecule has 5 rings (SSSR count). The molecule has 0 spiro atoms. The first-order valence-electron chi connectivity index (χ1n) is 11.8. The Morgan fingerprint density at radius 2 is 1.81 bits per heavy atom. The van der Waals surface area contributed by atoms with Gasteiger partial charge in [0.2, 0.25) is 10.0 Å². The Bertz CT molecular complexity index is 1490. The number of imidazole rings is 1. The van der Waals surface area contributed by atoms with Gasteiger partial charge in [-0.25, -0.2) is 13.4 Å². The van der Waals surface area contributed by atoms with Crippen LogP contribution < -0.4 is 5.32 Å². The van der Waals surface area contributed by atoms with Crippen LogP contribution in [0.25, 0.3) is 0 Å². The lowest BCUT2D eigenvalue weighted by Crippen LogP contribution is -2.53.